The number of anilines is 2. The number of likely N-dealkylation sites (tertiary alicyclic amines) is 1. The maximum absolute atomic E-state index is 5.08. The molecule has 0 amide bonds. The van der Waals surface area contributed by atoms with Crippen molar-refractivity contribution < 1.29 is 0 Å². The zero-order chi connectivity index (χ0) is 20.9. The number of pyridine rings is 1. The molecule has 162 valence electrons. The Bertz CT molecular complexity index is 1070. The van der Waals surface area contributed by atoms with Crippen molar-refractivity contribution in [3.8, 4) is 11.3 Å². The number of hydrogen-bond donors (Lipinski definition) is 1. The van der Waals surface area contributed by atoms with Crippen LogP contribution in [0.3, 0.4) is 0 Å². The van der Waals surface area contributed by atoms with E-state index in [1.165, 1.54) is 52.7 Å². The molecule has 1 aromatic carbocycles. The molecule has 5 heterocycles. The fraction of sp³-hybridized carbons (Fsp3) is 0.480. The molecule has 6 heteroatoms. The van der Waals surface area contributed by atoms with E-state index in [1.54, 1.807) is 0 Å². The van der Waals surface area contributed by atoms with E-state index in [0.29, 0.717) is 0 Å². The summed E-state index contributed by atoms with van der Waals surface area (Å²) >= 11 is 1.89. The van der Waals surface area contributed by atoms with Crippen LogP contribution in [-0.4, -0.2) is 69.3 Å². The molecule has 3 aromatic rings. The van der Waals surface area contributed by atoms with Crippen molar-refractivity contribution >= 4 is 32.9 Å². The van der Waals surface area contributed by atoms with Crippen molar-refractivity contribution in [2.75, 3.05) is 69.2 Å². The topological polar surface area (TPSA) is 34.6 Å². The number of thiophene rings is 1. The number of rotatable bonds is 3. The van der Waals surface area contributed by atoms with Crippen molar-refractivity contribution in [3.63, 3.8) is 0 Å². The molecule has 3 aliphatic heterocycles. The number of benzene rings is 1. The van der Waals surface area contributed by atoms with Crippen LogP contribution in [-0.2, 0) is 0 Å². The van der Waals surface area contributed by atoms with Gasteiger partial charge in [0.25, 0.3) is 0 Å². The molecular formula is C25H31N5S. The van der Waals surface area contributed by atoms with E-state index in [2.05, 4.69) is 70.4 Å². The van der Waals surface area contributed by atoms with Gasteiger partial charge in [0, 0.05) is 68.5 Å². The highest BCUT2D eigenvalue weighted by molar-refractivity contribution is 7.19. The molecule has 0 aliphatic carbocycles. The van der Waals surface area contributed by atoms with Gasteiger partial charge in [0.05, 0.1) is 21.6 Å². The van der Waals surface area contributed by atoms with Crippen molar-refractivity contribution in [3.05, 3.63) is 41.3 Å². The monoisotopic (exact) mass is 433 g/mol. The highest BCUT2D eigenvalue weighted by atomic mass is 32.1. The second-order valence-electron chi connectivity index (χ2n) is 9.53. The highest BCUT2D eigenvalue weighted by Crippen LogP contribution is 2.40. The Morgan fingerprint density at radius 1 is 0.935 bits per heavy atom. The van der Waals surface area contributed by atoms with E-state index in [-0.39, 0.29) is 0 Å². The summed E-state index contributed by atoms with van der Waals surface area (Å²) in [5, 5.41) is 3.43. The van der Waals surface area contributed by atoms with E-state index in [9.17, 15) is 0 Å². The minimum Gasteiger partial charge on any atom is -0.370 e. The minimum atomic E-state index is 0.802. The zero-order valence-corrected chi connectivity index (χ0v) is 19.3. The first kappa shape index (κ1) is 19.5. The third-order valence-electron chi connectivity index (χ3n) is 7.24. The third-order valence-corrected chi connectivity index (χ3v) is 8.30. The summed E-state index contributed by atoms with van der Waals surface area (Å²) in [6.07, 6.45) is 0. The molecule has 0 radical (unpaired) electrons. The summed E-state index contributed by atoms with van der Waals surface area (Å²) in [5.74, 6) is 1.60. The number of aromatic nitrogens is 1. The number of aryl methyl sites for hydroxylation is 1. The van der Waals surface area contributed by atoms with Crippen molar-refractivity contribution in [1.82, 2.24) is 15.2 Å². The van der Waals surface area contributed by atoms with Crippen molar-refractivity contribution in [1.29, 1.82) is 0 Å². The SMILES string of the molecule is Cc1cc2nc(-c3ccc(N4CCNCC4)cc3)cc(N3CC4CN(C)CC4C3)c2s1. The Kier molecular flexibility index (Phi) is 4.89. The van der Waals surface area contributed by atoms with E-state index in [0.717, 1.165) is 49.2 Å². The van der Waals surface area contributed by atoms with Crippen LogP contribution in [0.15, 0.2) is 36.4 Å². The van der Waals surface area contributed by atoms with Gasteiger partial charge >= 0.3 is 0 Å². The second-order valence-corrected chi connectivity index (χ2v) is 10.8. The first-order valence-electron chi connectivity index (χ1n) is 11.5. The maximum Gasteiger partial charge on any atom is 0.0841 e. The number of hydrogen-bond acceptors (Lipinski definition) is 6. The molecule has 2 aromatic heterocycles. The largest absolute Gasteiger partial charge is 0.370 e. The van der Waals surface area contributed by atoms with E-state index < -0.39 is 0 Å². The zero-order valence-electron chi connectivity index (χ0n) is 18.5. The molecule has 0 saturated carbocycles. The average Bonchev–Trinajstić information content (AvgIpc) is 3.45. The van der Waals surface area contributed by atoms with E-state index >= 15 is 0 Å². The number of piperazine rings is 1. The van der Waals surface area contributed by atoms with Gasteiger partial charge in [-0.05, 0) is 50.1 Å². The fourth-order valence-corrected chi connectivity index (χ4v) is 6.69. The van der Waals surface area contributed by atoms with Crippen LogP contribution >= 0.6 is 11.3 Å². The molecule has 3 aliphatic rings. The van der Waals surface area contributed by atoms with Crippen LogP contribution in [0.1, 0.15) is 4.88 Å². The van der Waals surface area contributed by atoms with Gasteiger partial charge < -0.3 is 20.0 Å². The predicted octanol–water partition coefficient (Wildman–Crippen LogP) is 3.68. The average molecular weight is 434 g/mol. The molecule has 2 unspecified atom stereocenters. The van der Waals surface area contributed by atoms with Crippen LogP contribution in [0.2, 0.25) is 0 Å². The Morgan fingerprint density at radius 2 is 1.65 bits per heavy atom. The molecule has 31 heavy (non-hydrogen) atoms. The third kappa shape index (κ3) is 3.60. The molecule has 3 saturated heterocycles. The molecule has 3 fully saturated rings. The van der Waals surface area contributed by atoms with Gasteiger partial charge in [-0.25, -0.2) is 4.98 Å². The second kappa shape index (κ2) is 7.76. The Hall–Kier alpha value is -2.15. The lowest BCUT2D eigenvalue weighted by molar-refractivity contribution is 0.387. The van der Waals surface area contributed by atoms with Gasteiger partial charge in [0.15, 0.2) is 0 Å². The summed E-state index contributed by atoms with van der Waals surface area (Å²) in [5.41, 5.74) is 6.16. The van der Waals surface area contributed by atoms with E-state index in [4.69, 9.17) is 4.98 Å². The molecule has 0 bridgehead atoms. The maximum atomic E-state index is 5.08. The van der Waals surface area contributed by atoms with E-state index in [1.807, 2.05) is 11.3 Å². The minimum absolute atomic E-state index is 0.802. The Balaban J connectivity index is 1.34. The molecule has 5 nitrogen and oxygen atoms in total. The normalized spacial score (nSPS) is 24.3. The Morgan fingerprint density at radius 3 is 2.35 bits per heavy atom. The van der Waals surface area contributed by atoms with Crippen LogP contribution in [0.5, 0.6) is 0 Å². The molecule has 1 N–H and O–H groups in total. The summed E-state index contributed by atoms with van der Waals surface area (Å²) in [7, 11) is 2.26. The van der Waals surface area contributed by atoms with Gasteiger partial charge in [-0.3, -0.25) is 0 Å². The number of fused-ring (bicyclic) bond motifs is 2. The number of nitrogens with one attached hydrogen (secondary N) is 1. The lowest BCUT2D eigenvalue weighted by Crippen LogP contribution is -2.43. The summed E-state index contributed by atoms with van der Waals surface area (Å²) in [4.78, 5) is 14.0. The molecule has 0 spiro atoms. The van der Waals surface area contributed by atoms with Gasteiger partial charge in [-0.2, -0.15) is 0 Å². The Labute approximate surface area is 188 Å². The standard InChI is InChI=1S/C25H31N5S/c1-17-11-23-25(31-17)24(30-15-19-13-28(2)14-20(19)16-30)12-22(27-23)18-3-5-21(6-4-18)29-9-7-26-8-10-29/h3-6,11-12,19-20,26H,7-10,13-16H2,1-2H3. The highest BCUT2D eigenvalue weighted by Gasteiger charge is 2.39. The van der Waals surface area contributed by atoms with Crippen molar-refractivity contribution in [2.24, 2.45) is 11.8 Å². The summed E-state index contributed by atoms with van der Waals surface area (Å²) in [6, 6.07) is 13.6. The number of nitrogens with zero attached hydrogens (tertiary/aromatic N) is 4. The summed E-state index contributed by atoms with van der Waals surface area (Å²) < 4.78 is 1.35. The van der Waals surface area contributed by atoms with Crippen LogP contribution in [0, 0.1) is 18.8 Å². The smallest absolute Gasteiger partial charge is 0.0841 e. The van der Waals surface area contributed by atoms with Gasteiger partial charge in [-0.1, -0.05) is 12.1 Å². The van der Waals surface area contributed by atoms with Crippen molar-refractivity contribution in [2.45, 2.75) is 6.92 Å². The lowest BCUT2D eigenvalue weighted by Gasteiger charge is -2.29. The first-order valence-corrected chi connectivity index (χ1v) is 12.4. The quantitative estimate of drug-likeness (QED) is 0.682. The lowest BCUT2D eigenvalue weighted by atomic mass is 10.0. The predicted molar refractivity (Wildman–Crippen MR) is 132 cm³/mol. The molecular weight excluding hydrogens is 402 g/mol. The van der Waals surface area contributed by atoms with Crippen LogP contribution in [0.4, 0.5) is 11.4 Å². The van der Waals surface area contributed by atoms with Crippen LogP contribution in [0.25, 0.3) is 21.5 Å². The molecule has 2 atom stereocenters. The van der Waals surface area contributed by atoms with Gasteiger partial charge in [0.2, 0.25) is 0 Å². The molecule has 6 rings (SSSR count). The first-order chi connectivity index (χ1) is 15.1. The summed E-state index contributed by atoms with van der Waals surface area (Å²) in [6.45, 7) is 11.3. The van der Waals surface area contributed by atoms with Crippen LogP contribution < -0.4 is 15.1 Å². The fourth-order valence-electron chi connectivity index (χ4n) is 5.70. The van der Waals surface area contributed by atoms with Gasteiger partial charge in [-0.15, -0.1) is 11.3 Å². The van der Waals surface area contributed by atoms with Gasteiger partial charge in [0.1, 0.15) is 0 Å².